The summed E-state index contributed by atoms with van der Waals surface area (Å²) in [6.07, 6.45) is 4.75. The minimum absolute atomic E-state index is 0.0433. The fourth-order valence-corrected chi connectivity index (χ4v) is 3.01. The maximum atomic E-state index is 6.22. The lowest BCUT2D eigenvalue weighted by Crippen LogP contribution is -2.25. The molecule has 2 unspecified atom stereocenters. The first kappa shape index (κ1) is 14.1. The molecule has 2 rings (SSSR count). The van der Waals surface area contributed by atoms with Crippen molar-refractivity contribution in [2.75, 3.05) is 0 Å². The first-order valence-corrected chi connectivity index (χ1v) is 7.24. The highest BCUT2D eigenvalue weighted by Gasteiger charge is 2.24. The van der Waals surface area contributed by atoms with Crippen LogP contribution in [-0.4, -0.2) is 20.8 Å². The monoisotopic (exact) mass is 280 g/mol. The molecule has 0 radical (unpaired) electrons. The molecule has 2 heterocycles. The van der Waals surface area contributed by atoms with Gasteiger partial charge in [0.15, 0.2) is 0 Å². The molecule has 2 aromatic heterocycles. The average Bonchev–Trinajstić information content (AvgIpc) is 2.93. The van der Waals surface area contributed by atoms with Crippen LogP contribution in [0, 0.1) is 13.8 Å². The number of nitrogens with zero attached hydrogens (tertiary/aromatic N) is 3. The molecular formula is C13H20N4OS. The van der Waals surface area contributed by atoms with Crippen LogP contribution in [0.25, 0.3) is 0 Å². The van der Waals surface area contributed by atoms with Crippen molar-refractivity contribution in [2.45, 2.75) is 43.7 Å². The molecule has 0 spiro atoms. The molecule has 0 saturated heterocycles. The van der Waals surface area contributed by atoms with Gasteiger partial charge in [0.25, 0.3) is 5.22 Å². The average molecular weight is 280 g/mol. The van der Waals surface area contributed by atoms with E-state index >= 15 is 0 Å². The maximum Gasteiger partial charge on any atom is 0.256 e. The smallest absolute Gasteiger partial charge is 0.256 e. The number of hydrogen-bond donors (Lipinski definition) is 1. The number of nitrogens with two attached hydrogens (primary N) is 1. The number of hydrogen-bond acceptors (Lipinski definition) is 5. The first-order valence-electron chi connectivity index (χ1n) is 6.36. The largest absolute Gasteiger partial charge is 0.437 e. The number of oxazole rings is 1. The number of rotatable bonds is 5. The van der Waals surface area contributed by atoms with E-state index in [4.69, 9.17) is 10.2 Å². The molecule has 0 aliphatic rings. The zero-order valence-corrected chi connectivity index (χ0v) is 12.6. The van der Waals surface area contributed by atoms with Crippen molar-refractivity contribution in [1.82, 2.24) is 14.8 Å². The number of aryl methyl sites for hydroxylation is 3. The normalized spacial score (nSPS) is 14.6. The molecule has 104 valence electrons. The van der Waals surface area contributed by atoms with Gasteiger partial charge in [-0.05, 0) is 20.3 Å². The lowest BCUT2D eigenvalue weighted by molar-refractivity contribution is 0.429. The maximum absolute atomic E-state index is 6.22. The Hall–Kier alpha value is -1.27. The summed E-state index contributed by atoms with van der Waals surface area (Å²) in [7, 11) is 1.90. The molecule has 0 aliphatic carbocycles. The minimum atomic E-state index is 0.0433. The Kier molecular flexibility index (Phi) is 4.31. The van der Waals surface area contributed by atoms with Crippen LogP contribution in [0.4, 0.5) is 0 Å². The Morgan fingerprint density at radius 3 is 2.68 bits per heavy atom. The van der Waals surface area contributed by atoms with Crippen molar-refractivity contribution in [3.05, 3.63) is 29.4 Å². The van der Waals surface area contributed by atoms with Crippen molar-refractivity contribution in [3.63, 3.8) is 0 Å². The molecule has 19 heavy (non-hydrogen) atoms. The third-order valence-electron chi connectivity index (χ3n) is 3.15. The highest BCUT2D eigenvalue weighted by atomic mass is 32.2. The van der Waals surface area contributed by atoms with Crippen LogP contribution in [0.1, 0.15) is 35.6 Å². The predicted octanol–water partition coefficient (Wildman–Crippen LogP) is 2.60. The Labute approximate surface area is 117 Å². The molecule has 0 aromatic carbocycles. The van der Waals surface area contributed by atoms with Crippen molar-refractivity contribution in [1.29, 1.82) is 0 Å². The van der Waals surface area contributed by atoms with E-state index in [0.717, 1.165) is 23.4 Å². The summed E-state index contributed by atoms with van der Waals surface area (Å²) in [4.78, 5) is 4.41. The van der Waals surface area contributed by atoms with Crippen LogP contribution < -0.4 is 5.73 Å². The van der Waals surface area contributed by atoms with Gasteiger partial charge >= 0.3 is 0 Å². The SMILES string of the molecule is CCC(N)C(Sc1nc(C)c(C)o1)c1cnn(C)c1. The summed E-state index contributed by atoms with van der Waals surface area (Å²) in [5.41, 5.74) is 8.26. The van der Waals surface area contributed by atoms with Crippen LogP contribution in [-0.2, 0) is 7.05 Å². The van der Waals surface area contributed by atoms with Gasteiger partial charge in [-0.15, -0.1) is 0 Å². The fourth-order valence-electron chi connectivity index (χ4n) is 1.81. The summed E-state index contributed by atoms with van der Waals surface area (Å²) < 4.78 is 7.43. The van der Waals surface area contributed by atoms with E-state index in [1.807, 2.05) is 33.3 Å². The molecule has 0 aliphatic heterocycles. The highest BCUT2D eigenvalue weighted by molar-refractivity contribution is 7.99. The van der Waals surface area contributed by atoms with Crippen molar-refractivity contribution in [3.8, 4) is 0 Å². The van der Waals surface area contributed by atoms with Gasteiger partial charge in [0.1, 0.15) is 5.76 Å². The molecule has 0 fully saturated rings. The van der Waals surface area contributed by atoms with E-state index < -0.39 is 0 Å². The molecular weight excluding hydrogens is 260 g/mol. The molecule has 0 amide bonds. The third-order valence-corrected chi connectivity index (χ3v) is 4.40. The summed E-state index contributed by atoms with van der Waals surface area (Å²) in [5.74, 6) is 0.859. The van der Waals surface area contributed by atoms with Gasteiger partial charge < -0.3 is 10.2 Å². The molecule has 0 saturated carbocycles. The number of aromatic nitrogens is 3. The fraction of sp³-hybridized carbons (Fsp3) is 0.538. The zero-order chi connectivity index (χ0) is 14.0. The van der Waals surface area contributed by atoms with Crippen molar-refractivity contribution >= 4 is 11.8 Å². The lowest BCUT2D eigenvalue weighted by Gasteiger charge is -2.19. The Bertz CT molecular complexity index is 529. The Morgan fingerprint density at radius 1 is 1.47 bits per heavy atom. The van der Waals surface area contributed by atoms with Gasteiger partial charge in [-0.25, -0.2) is 4.98 Å². The summed E-state index contributed by atoms with van der Waals surface area (Å²) in [6.45, 7) is 5.95. The summed E-state index contributed by atoms with van der Waals surface area (Å²) in [5, 5.41) is 5.00. The summed E-state index contributed by atoms with van der Waals surface area (Å²) >= 11 is 1.57. The van der Waals surface area contributed by atoms with Gasteiger partial charge in [0, 0.05) is 24.8 Å². The Balaban J connectivity index is 2.23. The first-order chi connectivity index (χ1) is 9.01. The topological polar surface area (TPSA) is 69.9 Å². The van der Waals surface area contributed by atoms with Gasteiger partial charge in [-0.2, -0.15) is 5.10 Å². The van der Waals surface area contributed by atoms with Crippen LogP contribution in [0.3, 0.4) is 0 Å². The van der Waals surface area contributed by atoms with Crippen LogP contribution in [0.5, 0.6) is 0 Å². The van der Waals surface area contributed by atoms with E-state index in [0.29, 0.717) is 5.22 Å². The van der Waals surface area contributed by atoms with E-state index in [1.165, 1.54) is 0 Å². The molecule has 2 atom stereocenters. The van der Waals surface area contributed by atoms with Crippen LogP contribution in [0.15, 0.2) is 22.0 Å². The van der Waals surface area contributed by atoms with Crippen LogP contribution in [0.2, 0.25) is 0 Å². The quantitative estimate of drug-likeness (QED) is 0.852. The Morgan fingerprint density at radius 2 is 2.21 bits per heavy atom. The van der Waals surface area contributed by atoms with Gasteiger partial charge in [0.05, 0.1) is 17.1 Å². The van der Waals surface area contributed by atoms with E-state index in [1.54, 1.807) is 16.4 Å². The minimum Gasteiger partial charge on any atom is -0.437 e. The van der Waals surface area contributed by atoms with E-state index in [2.05, 4.69) is 17.0 Å². The van der Waals surface area contributed by atoms with Crippen LogP contribution >= 0.6 is 11.8 Å². The summed E-state index contributed by atoms with van der Waals surface area (Å²) in [6, 6.07) is 0.0433. The second kappa shape index (κ2) is 5.79. The molecule has 2 N–H and O–H groups in total. The zero-order valence-electron chi connectivity index (χ0n) is 11.8. The second-order valence-electron chi connectivity index (χ2n) is 4.68. The predicted molar refractivity (Wildman–Crippen MR) is 76.0 cm³/mol. The highest BCUT2D eigenvalue weighted by Crippen LogP contribution is 2.37. The van der Waals surface area contributed by atoms with E-state index in [9.17, 15) is 0 Å². The molecule has 0 bridgehead atoms. The van der Waals surface area contributed by atoms with Crippen molar-refractivity contribution in [2.24, 2.45) is 12.8 Å². The van der Waals surface area contributed by atoms with Gasteiger partial charge in [0.2, 0.25) is 0 Å². The van der Waals surface area contributed by atoms with Gasteiger partial charge in [-0.3, -0.25) is 4.68 Å². The molecule has 2 aromatic rings. The molecule has 5 nitrogen and oxygen atoms in total. The number of thioether (sulfide) groups is 1. The standard InChI is InChI=1S/C13H20N4OS/c1-5-11(14)12(10-6-15-17(4)7-10)19-13-16-8(2)9(3)18-13/h6-7,11-12H,5,14H2,1-4H3. The second-order valence-corrected chi connectivity index (χ2v) is 5.77. The van der Waals surface area contributed by atoms with Crippen molar-refractivity contribution < 1.29 is 4.42 Å². The molecule has 6 heteroatoms. The third kappa shape index (κ3) is 3.19. The lowest BCUT2D eigenvalue weighted by atomic mass is 10.1. The van der Waals surface area contributed by atoms with Gasteiger partial charge in [-0.1, -0.05) is 18.7 Å². The van der Waals surface area contributed by atoms with E-state index in [-0.39, 0.29) is 11.3 Å².